The zero-order valence-corrected chi connectivity index (χ0v) is 33.6. The fourth-order valence-corrected chi connectivity index (χ4v) is 7.78. The van der Waals surface area contributed by atoms with Crippen LogP contribution in [-0.4, -0.2) is 115 Å². The van der Waals surface area contributed by atoms with Crippen molar-refractivity contribution >= 4 is 33.3 Å². The molecule has 57 heavy (non-hydrogen) atoms. The average molecular weight is 810 g/mol. The normalized spacial score (nSPS) is 17.3. The second-order valence-corrected chi connectivity index (χ2v) is 16.2. The molecule has 310 valence electrons. The summed E-state index contributed by atoms with van der Waals surface area (Å²) in [4.78, 5) is 52.4. The van der Waals surface area contributed by atoms with E-state index in [0.717, 1.165) is 16.7 Å². The van der Waals surface area contributed by atoms with E-state index < -0.39 is 45.4 Å². The van der Waals surface area contributed by atoms with Crippen LogP contribution in [0.15, 0.2) is 77.7 Å². The van der Waals surface area contributed by atoms with Crippen molar-refractivity contribution in [2.75, 3.05) is 71.8 Å². The number of ketones is 2. The van der Waals surface area contributed by atoms with Crippen LogP contribution in [-0.2, 0) is 49.5 Å². The summed E-state index contributed by atoms with van der Waals surface area (Å²) < 4.78 is 54.9. The van der Waals surface area contributed by atoms with Crippen molar-refractivity contribution in [3.63, 3.8) is 0 Å². The van der Waals surface area contributed by atoms with E-state index in [-0.39, 0.29) is 66.6 Å². The molecule has 3 atom stereocenters. The Kier molecular flexibility index (Phi) is 19.0. The number of sulfone groups is 1. The summed E-state index contributed by atoms with van der Waals surface area (Å²) in [7, 11) is -3.80. The third kappa shape index (κ3) is 16.2. The zero-order chi connectivity index (χ0) is 41.0. The molecule has 2 N–H and O–H groups in total. The highest BCUT2D eigenvalue weighted by molar-refractivity contribution is 7.91. The number of amides is 1. The summed E-state index contributed by atoms with van der Waals surface area (Å²) >= 11 is 0. The number of Topliss-reactive ketones (excluding diaryl/α,β-unsaturated/α-hetero) is 2. The van der Waals surface area contributed by atoms with E-state index in [0.29, 0.717) is 59.1 Å². The molecule has 3 aromatic carbocycles. The van der Waals surface area contributed by atoms with Crippen LogP contribution >= 0.6 is 0 Å². The van der Waals surface area contributed by atoms with Gasteiger partial charge in [0.15, 0.2) is 21.4 Å². The highest BCUT2D eigenvalue weighted by atomic mass is 32.2. The molecule has 0 bridgehead atoms. The second-order valence-electron chi connectivity index (χ2n) is 14.2. The number of ether oxygens (including phenoxy) is 5. The van der Waals surface area contributed by atoms with E-state index in [1.165, 1.54) is 24.3 Å². The fraction of sp³-hybridized carbons (Fsp3) is 0.488. The highest BCUT2D eigenvalue weighted by Crippen LogP contribution is 2.24. The van der Waals surface area contributed by atoms with Gasteiger partial charge in [-0.1, -0.05) is 71.8 Å². The van der Waals surface area contributed by atoms with Crippen molar-refractivity contribution in [2.45, 2.75) is 57.0 Å². The van der Waals surface area contributed by atoms with Crippen LogP contribution in [0.25, 0.3) is 0 Å². The Morgan fingerprint density at radius 2 is 1.25 bits per heavy atom. The SMILES string of the molecule is Cc1ccc(CCC(CS(=O)(=O)c2ccc(C)cc2)C(=O)c2ccc(C(=O)C[C@@H](CCC(=O)O)C(=O)NCC3COCCOCCOCCOCCO3)cc2)cc1. The lowest BCUT2D eigenvalue weighted by Gasteiger charge is -2.21. The molecule has 0 aliphatic carbocycles. The molecule has 1 saturated heterocycles. The van der Waals surface area contributed by atoms with Crippen LogP contribution in [0.2, 0.25) is 0 Å². The number of carbonyl (C=O) groups excluding carboxylic acids is 3. The smallest absolute Gasteiger partial charge is 0.303 e. The molecule has 1 fully saturated rings. The summed E-state index contributed by atoms with van der Waals surface area (Å²) in [5.74, 6) is -4.55. The van der Waals surface area contributed by atoms with Crippen LogP contribution in [0.4, 0.5) is 0 Å². The van der Waals surface area contributed by atoms with Gasteiger partial charge in [0.05, 0.1) is 76.2 Å². The van der Waals surface area contributed by atoms with E-state index in [2.05, 4.69) is 5.32 Å². The lowest BCUT2D eigenvalue weighted by molar-refractivity contribution is -0.137. The molecule has 2 unspecified atom stereocenters. The maximum atomic E-state index is 13.9. The molecule has 1 amide bonds. The van der Waals surface area contributed by atoms with Crippen LogP contribution in [0.5, 0.6) is 0 Å². The molecule has 0 radical (unpaired) electrons. The van der Waals surface area contributed by atoms with Crippen LogP contribution < -0.4 is 5.32 Å². The van der Waals surface area contributed by atoms with E-state index in [4.69, 9.17) is 23.7 Å². The molecular formula is C43H55NO12S. The summed E-state index contributed by atoms with van der Waals surface area (Å²) in [6, 6.07) is 20.4. The number of carbonyl (C=O) groups is 4. The minimum atomic E-state index is -3.80. The lowest BCUT2D eigenvalue weighted by Crippen LogP contribution is -2.40. The molecule has 13 nitrogen and oxygen atoms in total. The number of hydrogen-bond acceptors (Lipinski definition) is 11. The van der Waals surface area contributed by atoms with E-state index in [9.17, 15) is 32.7 Å². The Balaban J connectivity index is 1.42. The van der Waals surface area contributed by atoms with Gasteiger partial charge in [-0.15, -0.1) is 0 Å². The van der Waals surface area contributed by atoms with Gasteiger partial charge < -0.3 is 34.1 Å². The van der Waals surface area contributed by atoms with Gasteiger partial charge in [0.25, 0.3) is 0 Å². The quantitative estimate of drug-likeness (QED) is 0.178. The van der Waals surface area contributed by atoms with Crippen molar-refractivity contribution in [1.82, 2.24) is 5.32 Å². The maximum absolute atomic E-state index is 13.9. The number of aryl methyl sites for hydroxylation is 3. The molecule has 4 rings (SSSR count). The molecule has 14 heteroatoms. The van der Waals surface area contributed by atoms with Gasteiger partial charge in [-0.05, 0) is 50.8 Å². The first-order valence-electron chi connectivity index (χ1n) is 19.4. The Labute approximate surface area is 335 Å². The average Bonchev–Trinajstić information content (AvgIpc) is 3.21. The standard InChI is InChI=1S/C43H55NO12S/c1-31-3-7-33(8-4-31)9-10-37(30-57(50,51)39-16-5-32(2)6-17-39)42(48)35-13-11-34(12-14-35)40(45)27-36(15-18-41(46)47)43(49)44-28-38-29-55-24-23-53-20-19-52-21-22-54-25-26-56-38/h3-8,11-14,16-17,36-38H,9-10,15,18-30H2,1-2H3,(H,44,49)(H,46,47)/t36-,37?,38?/m1/s1. The summed E-state index contributed by atoms with van der Waals surface area (Å²) in [6.07, 6.45) is -0.406. The van der Waals surface area contributed by atoms with E-state index in [1.54, 1.807) is 24.3 Å². The van der Waals surface area contributed by atoms with Gasteiger partial charge in [-0.25, -0.2) is 8.42 Å². The predicted octanol–water partition coefficient (Wildman–Crippen LogP) is 4.84. The summed E-state index contributed by atoms with van der Waals surface area (Å²) in [5.41, 5.74) is 3.48. The summed E-state index contributed by atoms with van der Waals surface area (Å²) in [6.45, 7) is 6.98. The first-order chi connectivity index (χ1) is 27.4. The summed E-state index contributed by atoms with van der Waals surface area (Å²) in [5, 5.41) is 12.2. The zero-order valence-electron chi connectivity index (χ0n) is 32.8. The van der Waals surface area contributed by atoms with Gasteiger partial charge in [-0.3, -0.25) is 19.2 Å². The Bertz CT molecular complexity index is 1810. The number of nitrogens with one attached hydrogen (secondary N) is 1. The van der Waals surface area contributed by atoms with Crippen LogP contribution in [0.1, 0.15) is 63.1 Å². The topological polar surface area (TPSA) is 181 Å². The Hall–Kier alpha value is -4.31. The van der Waals surface area contributed by atoms with E-state index in [1.807, 2.05) is 38.1 Å². The molecule has 1 aliphatic heterocycles. The maximum Gasteiger partial charge on any atom is 0.303 e. The van der Waals surface area contributed by atoms with Crippen molar-refractivity contribution in [1.29, 1.82) is 0 Å². The van der Waals surface area contributed by atoms with Gasteiger partial charge in [0.2, 0.25) is 5.91 Å². The molecule has 0 aromatic heterocycles. The first kappa shape index (κ1) is 45.4. The minimum absolute atomic E-state index is 0.0576. The molecule has 1 heterocycles. The lowest BCUT2D eigenvalue weighted by atomic mass is 9.90. The fourth-order valence-electron chi connectivity index (χ4n) is 6.19. The number of aliphatic carboxylic acids is 1. The van der Waals surface area contributed by atoms with Crippen molar-refractivity contribution in [2.24, 2.45) is 11.8 Å². The largest absolute Gasteiger partial charge is 0.481 e. The molecule has 3 aromatic rings. The van der Waals surface area contributed by atoms with Gasteiger partial charge >= 0.3 is 5.97 Å². The first-order valence-corrected chi connectivity index (χ1v) is 21.0. The van der Waals surface area contributed by atoms with Crippen molar-refractivity contribution < 1.29 is 56.4 Å². The number of carboxylic acids is 1. The Morgan fingerprint density at radius 3 is 1.84 bits per heavy atom. The van der Waals surface area contributed by atoms with Crippen LogP contribution in [0.3, 0.4) is 0 Å². The Morgan fingerprint density at radius 1 is 0.702 bits per heavy atom. The second kappa shape index (κ2) is 23.8. The van der Waals surface area contributed by atoms with Gasteiger partial charge in [0.1, 0.15) is 0 Å². The number of hydrogen-bond donors (Lipinski definition) is 2. The van der Waals surface area contributed by atoms with Crippen molar-refractivity contribution in [3.8, 4) is 0 Å². The minimum Gasteiger partial charge on any atom is -0.481 e. The van der Waals surface area contributed by atoms with E-state index >= 15 is 0 Å². The number of rotatable bonds is 17. The third-order valence-electron chi connectivity index (χ3n) is 9.58. The molecule has 0 spiro atoms. The number of benzene rings is 3. The molecular weight excluding hydrogens is 755 g/mol. The van der Waals surface area contributed by atoms with Gasteiger partial charge in [-0.2, -0.15) is 0 Å². The predicted molar refractivity (Wildman–Crippen MR) is 212 cm³/mol. The van der Waals surface area contributed by atoms with Crippen molar-refractivity contribution in [3.05, 3.63) is 101 Å². The third-order valence-corrected chi connectivity index (χ3v) is 11.4. The molecule has 1 aliphatic rings. The highest BCUT2D eigenvalue weighted by Gasteiger charge is 2.29. The molecule has 0 saturated carbocycles. The van der Waals surface area contributed by atoms with Crippen LogP contribution in [0, 0.1) is 25.7 Å². The van der Waals surface area contributed by atoms with Gasteiger partial charge in [0, 0.05) is 42.3 Å². The number of carboxylic acid groups (broad SMARTS) is 1. The monoisotopic (exact) mass is 809 g/mol.